The van der Waals surface area contributed by atoms with Crippen molar-refractivity contribution in [3.05, 3.63) is 71.8 Å². The van der Waals surface area contributed by atoms with E-state index in [1.54, 1.807) is 74.5 Å². The van der Waals surface area contributed by atoms with Gasteiger partial charge in [-0.3, -0.25) is 43.2 Å². The molecule has 62 heavy (non-hydrogen) atoms. The highest BCUT2D eigenvalue weighted by Gasteiger charge is 2.35. The van der Waals surface area contributed by atoms with E-state index >= 15 is 0 Å². The summed E-state index contributed by atoms with van der Waals surface area (Å²) in [7, 11) is 0. The predicted molar refractivity (Wildman–Crippen MR) is 218 cm³/mol. The van der Waals surface area contributed by atoms with Crippen LogP contribution in [-0.2, 0) is 60.8 Å². The van der Waals surface area contributed by atoms with Gasteiger partial charge < -0.3 is 57.6 Å². The van der Waals surface area contributed by atoms with Gasteiger partial charge in [0.15, 0.2) is 0 Å². The molecule has 0 heterocycles. The van der Waals surface area contributed by atoms with Crippen molar-refractivity contribution in [1.29, 1.82) is 0 Å². The maximum atomic E-state index is 13.6. The molecule has 0 saturated carbocycles. The van der Waals surface area contributed by atoms with Crippen LogP contribution in [0.4, 0.5) is 0 Å². The molecule has 8 atom stereocenters. The fraction of sp³-hybridized carbons (Fsp3) is 0.463. The Hall–Kier alpha value is -6.90. The Kier molecular flexibility index (Phi) is 20.7. The average molecular weight is 870 g/mol. The van der Waals surface area contributed by atoms with Crippen LogP contribution in [0.1, 0.15) is 65.0 Å². The number of carboxylic acids is 3. The van der Waals surface area contributed by atoms with Gasteiger partial charge in [0.25, 0.3) is 0 Å². The van der Waals surface area contributed by atoms with Crippen molar-refractivity contribution >= 4 is 59.3 Å². The van der Waals surface area contributed by atoms with Crippen LogP contribution in [0.5, 0.6) is 0 Å². The van der Waals surface area contributed by atoms with E-state index in [9.17, 15) is 68.4 Å². The molecule has 0 saturated heterocycles. The Balaban J connectivity index is 2.21. The molecular formula is C41H55N7O14. The molecule has 0 aromatic heterocycles. The summed E-state index contributed by atoms with van der Waals surface area (Å²) >= 11 is 0. The van der Waals surface area contributed by atoms with E-state index in [1.807, 2.05) is 0 Å². The molecule has 2 rings (SSSR count). The smallest absolute Gasteiger partial charge is 0.326 e. The fourth-order valence-corrected chi connectivity index (χ4v) is 5.97. The van der Waals surface area contributed by atoms with Gasteiger partial charge in [0.05, 0.1) is 18.9 Å². The molecule has 21 nitrogen and oxygen atoms in total. The number of hydrogen-bond donors (Lipinski definition) is 11. The van der Waals surface area contributed by atoms with E-state index in [0.717, 1.165) is 6.92 Å². The number of hydrogen-bond acceptors (Lipinski definition) is 11. The second-order valence-corrected chi connectivity index (χ2v) is 15.0. The number of aliphatic hydroxyl groups excluding tert-OH is 1. The molecule has 2 aromatic rings. The molecule has 7 amide bonds. The van der Waals surface area contributed by atoms with Crippen molar-refractivity contribution < 1.29 is 68.4 Å². The lowest BCUT2D eigenvalue weighted by molar-refractivity contribution is -0.143. The minimum absolute atomic E-state index is 0.0345. The maximum Gasteiger partial charge on any atom is 0.326 e. The second kappa shape index (κ2) is 25.0. The molecule has 11 N–H and O–H groups in total. The lowest BCUT2D eigenvalue weighted by Gasteiger charge is -2.28. The highest BCUT2D eigenvalue weighted by molar-refractivity contribution is 5.98. The van der Waals surface area contributed by atoms with Crippen LogP contribution < -0.4 is 37.2 Å². The summed E-state index contributed by atoms with van der Waals surface area (Å²) in [6.45, 7) is 6.88. The zero-order valence-electron chi connectivity index (χ0n) is 34.9. The molecule has 0 bridgehead atoms. The molecule has 0 radical (unpaired) electrons. The van der Waals surface area contributed by atoms with Gasteiger partial charge in [0.1, 0.15) is 42.3 Å². The number of benzene rings is 2. The van der Waals surface area contributed by atoms with Gasteiger partial charge in [-0.1, -0.05) is 74.5 Å². The minimum atomic E-state index is -1.86. The molecule has 0 aliphatic rings. The van der Waals surface area contributed by atoms with Crippen LogP contribution >= 0.6 is 0 Å². The minimum Gasteiger partial charge on any atom is -0.481 e. The molecule has 0 aliphatic carbocycles. The van der Waals surface area contributed by atoms with Crippen molar-refractivity contribution in [2.75, 3.05) is 0 Å². The quantitative estimate of drug-likeness (QED) is 0.0534. The largest absolute Gasteiger partial charge is 0.481 e. The maximum absolute atomic E-state index is 13.6. The summed E-state index contributed by atoms with van der Waals surface area (Å²) in [6, 6.07) is 5.80. The van der Waals surface area contributed by atoms with E-state index < -0.39 is 120 Å². The first-order valence-electron chi connectivity index (χ1n) is 19.6. The van der Waals surface area contributed by atoms with E-state index in [4.69, 9.17) is 0 Å². The third-order valence-corrected chi connectivity index (χ3v) is 9.05. The SMILES string of the molecule is CC(=O)N[C@@H](Cc1ccccc1)C(=O)N[C@H](C(=O)N[C@@H](CC(C)C)C(=O)N[C@@H](CC(=O)O)C(=O)N[C@@H](C)C(=O)N[C@@H](CC(=O)O)C(=O)N[C@H](Cc1ccccc1)C(=O)O)[C@@H](C)O. The van der Waals surface area contributed by atoms with Gasteiger partial charge in [-0.2, -0.15) is 0 Å². The van der Waals surface area contributed by atoms with Crippen LogP contribution in [0.25, 0.3) is 0 Å². The van der Waals surface area contributed by atoms with Gasteiger partial charge in [0.2, 0.25) is 41.4 Å². The molecule has 21 heteroatoms. The van der Waals surface area contributed by atoms with Crippen LogP contribution in [0, 0.1) is 5.92 Å². The number of aliphatic carboxylic acids is 3. The van der Waals surface area contributed by atoms with Crippen LogP contribution in [-0.4, -0.2) is 128 Å². The summed E-state index contributed by atoms with van der Waals surface area (Å²) in [5.41, 5.74) is 1.22. The molecule has 2 aromatic carbocycles. The number of amides is 7. The molecule has 0 spiro atoms. The van der Waals surface area contributed by atoms with Crippen molar-refractivity contribution in [2.45, 2.75) is 115 Å². The summed E-state index contributed by atoms with van der Waals surface area (Å²) in [5, 5.41) is 55.3. The summed E-state index contributed by atoms with van der Waals surface area (Å²) < 4.78 is 0. The molecular weight excluding hydrogens is 814 g/mol. The normalized spacial score (nSPS) is 14.8. The van der Waals surface area contributed by atoms with E-state index in [1.165, 1.54) is 13.8 Å². The number of nitrogens with one attached hydrogen (secondary N) is 7. The van der Waals surface area contributed by atoms with E-state index in [0.29, 0.717) is 11.1 Å². The van der Waals surface area contributed by atoms with E-state index in [2.05, 4.69) is 37.2 Å². The lowest BCUT2D eigenvalue weighted by atomic mass is 10.0. The average Bonchev–Trinajstić information content (AvgIpc) is 3.18. The third-order valence-electron chi connectivity index (χ3n) is 9.05. The van der Waals surface area contributed by atoms with Gasteiger partial charge in [-0.05, 0) is 37.3 Å². The predicted octanol–water partition coefficient (Wildman–Crippen LogP) is -1.63. The number of rotatable bonds is 25. The van der Waals surface area contributed by atoms with Gasteiger partial charge in [-0.25, -0.2) is 4.79 Å². The summed E-state index contributed by atoms with van der Waals surface area (Å²) in [4.78, 5) is 127. The zero-order chi connectivity index (χ0) is 46.7. The summed E-state index contributed by atoms with van der Waals surface area (Å²) in [5.74, 6) is -11.8. The lowest BCUT2D eigenvalue weighted by Crippen LogP contribution is -2.61. The van der Waals surface area contributed by atoms with Crippen molar-refractivity contribution in [2.24, 2.45) is 5.92 Å². The summed E-state index contributed by atoms with van der Waals surface area (Å²) in [6.07, 6.45) is -3.75. The molecule has 0 unspecified atom stereocenters. The fourth-order valence-electron chi connectivity index (χ4n) is 5.97. The topological polar surface area (TPSA) is 336 Å². The first-order chi connectivity index (χ1) is 29.1. The number of carboxylic acid groups (broad SMARTS) is 3. The Bertz CT molecular complexity index is 1910. The van der Waals surface area contributed by atoms with Gasteiger partial charge in [-0.15, -0.1) is 0 Å². The first kappa shape index (κ1) is 51.2. The second-order valence-electron chi connectivity index (χ2n) is 15.0. The van der Waals surface area contributed by atoms with Gasteiger partial charge in [0, 0.05) is 19.8 Å². The highest BCUT2D eigenvalue weighted by atomic mass is 16.4. The number of carbonyl (C=O) groups excluding carboxylic acids is 7. The Morgan fingerprint density at radius 3 is 1.32 bits per heavy atom. The van der Waals surface area contributed by atoms with Crippen molar-refractivity contribution in [1.82, 2.24) is 37.2 Å². The van der Waals surface area contributed by atoms with Gasteiger partial charge >= 0.3 is 17.9 Å². The Morgan fingerprint density at radius 1 is 0.484 bits per heavy atom. The van der Waals surface area contributed by atoms with Crippen LogP contribution in [0.3, 0.4) is 0 Å². The third kappa shape index (κ3) is 18.2. The zero-order valence-corrected chi connectivity index (χ0v) is 34.9. The van der Waals surface area contributed by atoms with Crippen LogP contribution in [0.2, 0.25) is 0 Å². The number of carbonyl (C=O) groups is 10. The van der Waals surface area contributed by atoms with Crippen molar-refractivity contribution in [3.8, 4) is 0 Å². The first-order valence-corrected chi connectivity index (χ1v) is 19.6. The Morgan fingerprint density at radius 2 is 0.887 bits per heavy atom. The number of aliphatic hydroxyl groups is 1. The Labute approximate surface area is 357 Å². The highest BCUT2D eigenvalue weighted by Crippen LogP contribution is 2.10. The molecule has 338 valence electrons. The monoisotopic (exact) mass is 869 g/mol. The molecule has 0 aliphatic heterocycles. The van der Waals surface area contributed by atoms with E-state index in [-0.39, 0.29) is 25.2 Å². The van der Waals surface area contributed by atoms with Crippen molar-refractivity contribution in [3.63, 3.8) is 0 Å². The molecule has 0 fully saturated rings. The standard InChI is InChI=1S/C41H55N7O14/c1-21(2)16-27(46-40(60)34(23(4)49)48-39(59)28(43-24(5)50)17-25-12-8-6-9-13-25)37(57)45-29(19-32(51)52)36(56)42-22(3)35(55)44-30(20-33(53)54)38(58)47-31(41(61)62)18-26-14-10-7-11-15-26/h6-15,21-23,27-31,34,49H,16-20H2,1-5H3,(H,42,56)(H,43,50)(H,44,55)(H,45,57)(H,46,60)(H,47,58)(H,48,59)(H,51,52)(H,53,54)(H,61,62)/t22-,23+,27-,28-,29-,30-,31+,34-/m0/s1. The van der Waals surface area contributed by atoms with Crippen LogP contribution in [0.15, 0.2) is 60.7 Å².